The summed E-state index contributed by atoms with van der Waals surface area (Å²) in [5.74, 6) is 2.63. The van der Waals surface area contributed by atoms with E-state index >= 15 is 0 Å². The van der Waals surface area contributed by atoms with Crippen molar-refractivity contribution in [2.45, 2.75) is 89.5 Å². The van der Waals surface area contributed by atoms with E-state index in [-0.39, 0.29) is 11.9 Å². The zero-order valence-corrected chi connectivity index (χ0v) is 17.3. The summed E-state index contributed by atoms with van der Waals surface area (Å²) in [5.41, 5.74) is 0. The third kappa shape index (κ3) is 7.10. The summed E-state index contributed by atoms with van der Waals surface area (Å²) in [6.07, 6.45) is 16.0. The molecule has 3 fully saturated rings. The van der Waals surface area contributed by atoms with Gasteiger partial charge in [0.15, 0.2) is 5.96 Å². The number of rotatable bonds is 8. The summed E-state index contributed by atoms with van der Waals surface area (Å²) in [7, 11) is 1.75. The van der Waals surface area contributed by atoms with E-state index in [1.54, 1.807) is 7.05 Å². The predicted octanol–water partition coefficient (Wildman–Crippen LogP) is 3.89. The molecule has 0 radical (unpaired) electrons. The molecule has 3 aliphatic carbocycles. The van der Waals surface area contributed by atoms with Gasteiger partial charge in [0.25, 0.3) is 0 Å². The molecule has 3 rings (SSSR count). The van der Waals surface area contributed by atoms with E-state index in [0.717, 1.165) is 24.8 Å². The van der Waals surface area contributed by atoms with Crippen LogP contribution in [0.4, 0.5) is 0 Å². The van der Waals surface area contributed by atoms with Gasteiger partial charge in [-0.15, -0.1) is 0 Å². The second-order valence-corrected chi connectivity index (χ2v) is 9.31. The quantitative estimate of drug-likeness (QED) is 0.445. The maximum atomic E-state index is 12.4. The molecule has 3 N–H and O–H groups in total. The number of hydrogen-bond acceptors (Lipinski definition) is 3. The fourth-order valence-electron chi connectivity index (χ4n) is 4.77. The van der Waals surface area contributed by atoms with Gasteiger partial charge in [0.1, 0.15) is 0 Å². The van der Waals surface area contributed by atoms with Crippen molar-refractivity contribution in [1.29, 1.82) is 5.41 Å². The lowest BCUT2D eigenvalue weighted by atomic mass is 9.85. The molecule has 27 heavy (non-hydrogen) atoms. The van der Waals surface area contributed by atoms with Crippen LogP contribution in [0.1, 0.15) is 83.5 Å². The number of nitrogens with zero attached hydrogens (tertiary/aromatic N) is 1. The molecule has 0 aliphatic heterocycles. The second-order valence-electron chi connectivity index (χ2n) is 9.31. The summed E-state index contributed by atoms with van der Waals surface area (Å²) < 4.78 is 0. The molecule has 0 saturated heterocycles. The molecule has 5 heteroatoms. The average molecular weight is 377 g/mol. The summed E-state index contributed by atoms with van der Waals surface area (Å²) in [6, 6.07) is 0.648. The zero-order chi connectivity index (χ0) is 19.1. The molecule has 0 bridgehead atoms. The number of amides is 1. The topological polar surface area (TPSA) is 68.2 Å². The molecule has 154 valence electrons. The van der Waals surface area contributed by atoms with Gasteiger partial charge in [-0.1, -0.05) is 38.5 Å². The van der Waals surface area contributed by atoms with Gasteiger partial charge in [0.05, 0.1) is 0 Å². The Morgan fingerprint density at radius 2 is 1.67 bits per heavy atom. The molecule has 0 heterocycles. The second kappa shape index (κ2) is 10.4. The molecule has 1 amide bonds. The third-order valence-corrected chi connectivity index (χ3v) is 6.93. The number of hydrogen-bond donors (Lipinski definition) is 3. The Kier molecular flexibility index (Phi) is 7.98. The lowest BCUT2D eigenvalue weighted by Gasteiger charge is -2.31. The molecule has 0 spiro atoms. The minimum Gasteiger partial charge on any atom is -0.356 e. The van der Waals surface area contributed by atoms with E-state index in [1.807, 2.05) is 0 Å². The highest BCUT2D eigenvalue weighted by Crippen LogP contribution is 2.30. The van der Waals surface area contributed by atoms with Gasteiger partial charge < -0.3 is 10.6 Å². The van der Waals surface area contributed by atoms with Gasteiger partial charge in [-0.05, 0) is 62.8 Å². The van der Waals surface area contributed by atoms with Gasteiger partial charge in [-0.3, -0.25) is 15.1 Å². The lowest BCUT2D eigenvalue weighted by molar-refractivity contribution is -0.126. The Hall–Kier alpha value is -1.10. The van der Waals surface area contributed by atoms with Crippen LogP contribution in [0.5, 0.6) is 0 Å². The largest absolute Gasteiger partial charge is 0.356 e. The Balaban J connectivity index is 1.31. The van der Waals surface area contributed by atoms with Gasteiger partial charge in [0.2, 0.25) is 5.91 Å². The monoisotopic (exact) mass is 376 g/mol. The number of carbonyl (C=O) groups excluding carboxylic acids is 1. The van der Waals surface area contributed by atoms with Crippen LogP contribution in [0.25, 0.3) is 0 Å². The minimum absolute atomic E-state index is 0.0886. The fourth-order valence-corrected chi connectivity index (χ4v) is 4.77. The average Bonchev–Trinajstić information content (AvgIpc) is 3.54. The van der Waals surface area contributed by atoms with Gasteiger partial charge in [0, 0.05) is 26.1 Å². The van der Waals surface area contributed by atoms with Gasteiger partial charge in [-0.25, -0.2) is 0 Å². The first kappa shape index (κ1) is 20.6. The normalized spacial score (nSPS) is 26.6. The van der Waals surface area contributed by atoms with E-state index in [4.69, 9.17) is 5.41 Å². The molecule has 2 atom stereocenters. The van der Waals surface area contributed by atoms with Crippen molar-refractivity contribution in [2.75, 3.05) is 20.1 Å². The van der Waals surface area contributed by atoms with Crippen LogP contribution >= 0.6 is 0 Å². The molecule has 0 aromatic rings. The Labute approximate surface area is 165 Å². The Morgan fingerprint density at radius 3 is 2.41 bits per heavy atom. The first-order chi connectivity index (χ1) is 13.1. The van der Waals surface area contributed by atoms with Crippen LogP contribution in [-0.4, -0.2) is 42.9 Å². The van der Waals surface area contributed by atoms with Crippen molar-refractivity contribution in [1.82, 2.24) is 15.5 Å². The standard InChI is InChI=1S/C22H40N4O/c1-26(21(27)13-12-17-6-3-2-4-7-17)22(23)25-16-19-8-5-9-20(14-19)24-15-18-10-11-18/h17-20,24H,2-16H2,1H3,(H2,23,25)/t19-,20-/m1/s1. The smallest absolute Gasteiger partial charge is 0.229 e. The molecular weight excluding hydrogens is 336 g/mol. The number of nitrogens with one attached hydrogen (secondary N) is 3. The third-order valence-electron chi connectivity index (χ3n) is 6.93. The summed E-state index contributed by atoms with van der Waals surface area (Å²) in [4.78, 5) is 13.9. The van der Waals surface area contributed by atoms with Gasteiger partial charge >= 0.3 is 0 Å². The van der Waals surface area contributed by atoms with Crippen molar-refractivity contribution < 1.29 is 4.79 Å². The Morgan fingerprint density at radius 1 is 0.926 bits per heavy atom. The fraction of sp³-hybridized carbons (Fsp3) is 0.909. The molecule has 3 aliphatic rings. The molecular formula is C22H40N4O. The van der Waals surface area contributed by atoms with E-state index in [0.29, 0.717) is 18.4 Å². The van der Waals surface area contributed by atoms with Crippen LogP contribution in [0.15, 0.2) is 0 Å². The highest BCUT2D eigenvalue weighted by Gasteiger charge is 2.26. The number of carbonyl (C=O) groups is 1. The summed E-state index contributed by atoms with van der Waals surface area (Å²) in [5, 5.41) is 15.2. The van der Waals surface area contributed by atoms with Crippen LogP contribution in [0.2, 0.25) is 0 Å². The van der Waals surface area contributed by atoms with Gasteiger partial charge in [-0.2, -0.15) is 0 Å². The van der Waals surface area contributed by atoms with Crippen LogP contribution in [0, 0.1) is 23.2 Å². The lowest BCUT2D eigenvalue weighted by Crippen LogP contribution is -2.45. The molecule has 0 unspecified atom stereocenters. The van der Waals surface area contributed by atoms with Crippen molar-refractivity contribution in [3.63, 3.8) is 0 Å². The minimum atomic E-state index is 0.0886. The van der Waals surface area contributed by atoms with E-state index < -0.39 is 0 Å². The highest BCUT2D eigenvalue weighted by molar-refractivity contribution is 5.95. The zero-order valence-electron chi connectivity index (χ0n) is 17.3. The van der Waals surface area contributed by atoms with Crippen LogP contribution in [-0.2, 0) is 4.79 Å². The van der Waals surface area contributed by atoms with Crippen molar-refractivity contribution in [3.8, 4) is 0 Å². The van der Waals surface area contributed by atoms with Crippen molar-refractivity contribution in [2.24, 2.45) is 17.8 Å². The maximum Gasteiger partial charge on any atom is 0.229 e. The first-order valence-electron chi connectivity index (χ1n) is 11.4. The summed E-state index contributed by atoms with van der Waals surface area (Å²) >= 11 is 0. The van der Waals surface area contributed by atoms with E-state index in [9.17, 15) is 4.79 Å². The first-order valence-corrected chi connectivity index (χ1v) is 11.4. The van der Waals surface area contributed by atoms with Crippen LogP contribution in [0.3, 0.4) is 0 Å². The Bertz CT molecular complexity index is 485. The van der Waals surface area contributed by atoms with Crippen LogP contribution < -0.4 is 10.6 Å². The number of guanidine groups is 1. The van der Waals surface area contributed by atoms with E-state index in [1.165, 1.54) is 82.1 Å². The molecule has 5 nitrogen and oxygen atoms in total. The molecule has 0 aromatic heterocycles. The van der Waals surface area contributed by atoms with Crippen molar-refractivity contribution >= 4 is 11.9 Å². The highest BCUT2D eigenvalue weighted by atomic mass is 16.2. The summed E-state index contributed by atoms with van der Waals surface area (Å²) in [6.45, 7) is 2.01. The predicted molar refractivity (Wildman–Crippen MR) is 111 cm³/mol. The molecule has 3 saturated carbocycles. The SMILES string of the molecule is CN(C(=N)NC[C@@H]1CCC[C@@H](NCC2CC2)C1)C(=O)CCC1CCCCC1. The maximum absolute atomic E-state index is 12.4. The van der Waals surface area contributed by atoms with Crippen molar-refractivity contribution in [3.05, 3.63) is 0 Å². The van der Waals surface area contributed by atoms with E-state index in [2.05, 4.69) is 10.6 Å². The molecule has 0 aromatic carbocycles.